The number of carbonyl (C=O) groups is 2. The molecule has 3 rings (SSSR count). The van der Waals surface area contributed by atoms with E-state index in [-0.39, 0.29) is 24.1 Å². The maximum absolute atomic E-state index is 13.3. The number of aromatic amines is 1. The van der Waals surface area contributed by atoms with E-state index in [1.807, 2.05) is 0 Å². The standard InChI is InChI=1S/C23H26ClFN4O2/c1-2-17-13-19(27-21(17)14-26-15-24)22(30)28-20(12-16-6-8-18(25)9-7-16)23(31)29-10-4-3-5-11-29/h2,6-9,13-14,20,27H,1,3-5,10-12,15H2,(H,28,30)/t20-/m0/s1. The van der Waals surface area contributed by atoms with Crippen LogP contribution >= 0.6 is 11.6 Å². The number of amides is 2. The number of rotatable bonds is 8. The zero-order valence-electron chi connectivity index (χ0n) is 17.2. The highest BCUT2D eigenvalue weighted by Gasteiger charge is 2.28. The summed E-state index contributed by atoms with van der Waals surface area (Å²) in [6.45, 7) is 5.10. The van der Waals surface area contributed by atoms with Crippen LogP contribution in [0.2, 0.25) is 0 Å². The van der Waals surface area contributed by atoms with Gasteiger partial charge in [-0.2, -0.15) is 0 Å². The first-order valence-electron chi connectivity index (χ1n) is 10.3. The van der Waals surface area contributed by atoms with Gasteiger partial charge in [-0.15, -0.1) is 11.6 Å². The molecule has 2 N–H and O–H groups in total. The summed E-state index contributed by atoms with van der Waals surface area (Å²) in [6.07, 6.45) is 6.42. The van der Waals surface area contributed by atoms with E-state index < -0.39 is 11.9 Å². The highest BCUT2D eigenvalue weighted by molar-refractivity contribution is 6.18. The second-order valence-electron chi connectivity index (χ2n) is 7.43. The van der Waals surface area contributed by atoms with Gasteiger partial charge in [-0.3, -0.25) is 14.6 Å². The maximum atomic E-state index is 13.3. The molecule has 1 atom stereocenters. The smallest absolute Gasteiger partial charge is 0.268 e. The molecule has 8 heteroatoms. The topological polar surface area (TPSA) is 77.6 Å². The van der Waals surface area contributed by atoms with Crippen molar-refractivity contribution in [3.63, 3.8) is 0 Å². The summed E-state index contributed by atoms with van der Waals surface area (Å²) < 4.78 is 13.3. The van der Waals surface area contributed by atoms with E-state index in [1.54, 1.807) is 29.2 Å². The minimum atomic E-state index is -0.758. The Bertz CT molecular complexity index is 949. The minimum Gasteiger partial charge on any atom is -0.349 e. The van der Waals surface area contributed by atoms with Crippen molar-refractivity contribution in [2.24, 2.45) is 4.99 Å². The van der Waals surface area contributed by atoms with Crippen molar-refractivity contribution in [3.8, 4) is 0 Å². The number of hydrogen-bond donors (Lipinski definition) is 2. The van der Waals surface area contributed by atoms with Crippen LogP contribution in [0.25, 0.3) is 6.08 Å². The summed E-state index contributed by atoms with van der Waals surface area (Å²) in [7, 11) is 0. The average molecular weight is 445 g/mol. The summed E-state index contributed by atoms with van der Waals surface area (Å²) in [4.78, 5) is 34.9. The molecule has 2 aromatic rings. The third-order valence-electron chi connectivity index (χ3n) is 5.26. The Morgan fingerprint density at radius 2 is 1.97 bits per heavy atom. The molecule has 1 fully saturated rings. The largest absolute Gasteiger partial charge is 0.349 e. The monoisotopic (exact) mass is 444 g/mol. The number of carbonyl (C=O) groups excluding carboxylic acids is 2. The fourth-order valence-corrected chi connectivity index (χ4v) is 3.71. The van der Waals surface area contributed by atoms with Crippen molar-refractivity contribution < 1.29 is 14.0 Å². The predicted octanol–water partition coefficient (Wildman–Crippen LogP) is 3.77. The fraction of sp³-hybridized carbons (Fsp3) is 0.348. The van der Waals surface area contributed by atoms with E-state index in [0.717, 1.165) is 24.8 Å². The molecule has 0 unspecified atom stereocenters. The zero-order chi connectivity index (χ0) is 22.2. The number of piperidine rings is 1. The van der Waals surface area contributed by atoms with E-state index in [1.165, 1.54) is 18.3 Å². The Morgan fingerprint density at radius 3 is 2.61 bits per heavy atom. The van der Waals surface area contributed by atoms with Crippen molar-refractivity contribution >= 4 is 35.7 Å². The Labute approximate surface area is 186 Å². The van der Waals surface area contributed by atoms with E-state index in [4.69, 9.17) is 11.6 Å². The highest BCUT2D eigenvalue weighted by Crippen LogP contribution is 2.15. The fourth-order valence-electron chi connectivity index (χ4n) is 3.64. The van der Waals surface area contributed by atoms with Crippen molar-refractivity contribution in [2.75, 3.05) is 19.1 Å². The second kappa shape index (κ2) is 10.9. The molecule has 1 aliphatic rings. The number of nitrogens with one attached hydrogen (secondary N) is 2. The number of aromatic nitrogens is 1. The minimum absolute atomic E-state index is 0.0984. The molecule has 0 bridgehead atoms. The van der Waals surface area contributed by atoms with E-state index in [9.17, 15) is 14.0 Å². The van der Waals surface area contributed by atoms with Crippen LogP contribution in [0.1, 0.15) is 46.6 Å². The summed E-state index contributed by atoms with van der Waals surface area (Å²) in [6, 6.07) is 6.95. The number of likely N-dealkylation sites (tertiary alicyclic amines) is 1. The molecule has 2 heterocycles. The van der Waals surface area contributed by atoms with E-state index >= 15 is 0 Å². The molecule has 0 saturated carbocycles. The van der Waals surface area contributed by atoms with Crippen LogP contribution < -0.4 is 5.32 Å². The van der Waals surface area contributed by atoms with Gasteiger partial charge in [-0.05, 0) is 43.0 Å². The third kappa shape index (κ3) is 6.04. The summed E-state index contributed by atoms with van der Waals surface area (Å²) in [5.41, 5.74) is 2.38. The number of H-pyrrole nitrogens is 1. The molecule has 1 aromatic carbocycles. The van der Waals surface area contributed by atoms with Gasteiger partial charge in [-0.1, -0.05) is 24.8 Å². The molecular formula is C23H26ClFN4O2. The lowest BCUT2D eigenvalue weighted by Gasteiger charge is -2.30. The molecule has 1 aliphatic heterocycles. The van der Waals surface area contributed by atoms with Gasteiger partial charge >= 0.3 is 0 Å². The normalized spacial score (nSPS) is 15.1. The van der Waals surface area contributed by atoms with Crippen LogP contribution in [0.3, 0.4) is 0 Å². The van der Waals surface area contributed by atoms with Crippen molar-refractivity contribution in [3.05, 3.63) is 65.2 Å². The van der Waals surface area contributed by atoms with Crippen LogP contribution in [0.5, 0.6) is 0 Å². The second-order valence-corrected chi connectivity index (χ2v) is 7.67. The van der Waals surface area contributed by atoms with Gasteiger partial charge in [-0.25, -0.2) is 4.39 Å². The summed E-state index contributed by atoms with van der Waals surface area (Å²) in [5.74, 6) is -0.885. The van der Waals surface area contributed by atoms with Crippen LogP contribution in [0.4, 0.5) is 4.39 Å². The summed E-state index contributed by atoms with van der Waals surface area (Å²) >= 11 is 5.60. The lowest BCUT2D eigenvalue weighted by Crippen LogP contribution is -2.51. The maximum Gasteiger partial charge on any atom is 0.268 e. The van der Waals surface area contributed by atoms with Gasteiger partial charge in [0.15, 0.2) is 0 Å². The predicted molar refractivity (Wildman–Crippen MR) is 121 cm³/mol. The molecule has 0 radical (unpaired) electrons. The molecule has 6 nitrogen and oxygen atoms in total. The first-order valence-corrected chi connectivity index (χ1v) is 10.8. The van der Waals surface area contributed by atoms with Gasteiger partial charge < -0.3 is 15.2 Å². The number of halogens is 2. The quantitative estimate of drug-likeness (QED) is 0.369. The van der Waals surface area contributed by atoms with Crippen molar-refractivity contribution in [2.45, 2.75) is 31.7 Å². The number of aliphatic imine (C=N–C) groups is 1. The number of nitrogens with zero attached hydrogens (tertiary/aromatic N) is 2. The zero-order valence-corrected chi connectivity index (χ0v) is 18.0. The van der Waals surface area contributed by atoms with Crippen molar-refractivity contribution in [1.29, 1.82) is 0 Å². The summed E-state index contributed by atoms with van der Waals surface area (Å²) in [5, 5.41) is 2.85. The first-order chi connectivity index (χ1) is 15.0. The van der Waals surface area contributed by atoms with Crippen LogP contribution in [-0.4, -0.2) is 53.0 Å². The Kier molecular flexibility index (Phi) is 8.00. The molecular weight excluding hydrogens is 419 g/mol. The molecule has 1 aromatic heterocycles. The molecule has 0 spiro atoms. The molecule has 2 amide bonds. The van der Waals surface area contributed by atoms with Crippen LogP contribution in [0, 0.1) is 5.82 Å². The van der Waals surface area contributed by atoms with Gasteiger partial charge in [0.25, 0.3) is 5.91 Å². The number of benzene rings is 1. The highest BCUT2D eigenvalue weighted by atomic mass is 35.5. The Morgan fingerprint density at radius 1 is 1.26 bits per heavy atom. The Hall–Kier alpha value is -2.93. The van der Waals surface area contributed by atoms with E-state index in [2.05, 4.69) is 21.9 Å². The van der Waals surface area contributed by atoms with Gasteiger partial charge in [0.05, 0.1) is 5.69 Å². The molecule has 0 aliphatic carbocycles. The van der Waals surface area contributed by atoms with Crippen LogP contribution in [-0.2, 0) is 11.2 Å². The molecule has 31 heavy (non-hydrogen) atoms. The number of alkyl halides is 1. The molecule has 164 valence electrons. The van der Waals surface area contributed by atoms with E-state index in [0.29, 0.717) is 30.0 Å². The van der Waals surface area contributed by atoms with Gasteiger partial charge in [0, 0.05) is 31.3 Å². The lowest BCUT2D eigenvalue weighted by molar-refractivity contribution is -0.134. The van der Waals surface area contributed by atoms with Gasteiger partial charge in [0.2, 0.25) is 5.91 Å². The first kappa shape index (κ1) is 22.7. The lowest BCUT2D eigenvalue weighted by atomic mass is 10.0. The SMILES string of the molecule is C=Cc1cc(C(=O)N[C@@H](Cc2ccc(F)cc2)C(=O)N2CCCCC2)[nH]c1C=NCCl. The number of hydrogen-bond acceptors (Lipinski definition) is 3. The van der Waals surface area contributed by atoms with Crippen LogP contribution in [0.15, 0.2) is 41.9 Å². The Balaban J connectivity index is 1.81. The molecule has 1 saturated heterocycles. The third-order valence-corrected chi connectivity index (χ3v) is 5.40. The van der Waals surface area contributed by atoms with Gasteiger partial charge in [0.1, 0.15) is 23.6 Å². The van der Waals surface area contributed by atoms with Crippen molar-refractivity contribution in [1.82, 2.24) is 15.2 Å². The average Bonchev–Trinajstić information content (AvgIpc) is 3.22.